The second-order valence-corrected chi connectivity index (χ2v) is 5.12. The van der Waals surface area contributed by atoms with Crippen molar-refractivity contribution in [3.05, 3.63) is 18.0 Å². The molecular weight excluding hydrogens is 188 g/mol. The molecule has 0 aliphatic heterocycles. The highest BCUT2D eigenvalue weighted by atomic mass is 16.3. The second-order valence-electron chi connectivity index (χ2n) is 5.12. The van der Waals surface area contributed by atoms with Crippen LogP contribution in [0.5, 0.6) is 0 Å². The molecule has 1 aliphatic carbocycles. The van der Waals surface area contributed by atoms with Crippen LogP contribution in [0, 0.1) is 5.41 Å². The molecule has 1 saturated carbocycles. The Hall–Kier alpha value is -0.830. The molecule has 0 aromatic carbocycles. The molecule has 0 bridgehead atoms. The van der Waals surface area contributed by atoms with Gasteiger partial charge >= 0.3 is 0 Å². The molecule has 15 heavy (non-hydrogen) atoms. The quantitative estimate of drug-likeness (QED) is 0.824. The van der Waals surface area contributed by atoms with Crippen molar-refractivity contribution in [1.29, 1.82) is 0 Å². The average Bonchev–Trinajstić information content (AvgIpc) is 2.78. The van der Waals surface area contributed by atoms with E-state index in [0.29, 0.717) is 0 Å². The van der Waals surface area contributed by atoms with Gasteiger partial charge in [0.05, 0.1) is 11.8 Å². The van der Waals surface area contributed by atoms with Gasteiger partial charge < -0.3 is 5.11 Å². The lowest BCUT2D eigenvalue weighted by Gasteiger charge is -2.29. The number of nitrogens with zero attached hydrogens (tertiary/aromatic N) is 2. The van der Waals surface area contributed by atoms with Gasteiger partial charge in [0.1, 0.15) is 0 Å². The van der Waals surface area contributed by atoms with Gasteiger partial charge in [-0.15, -0.1) is 0 Å². The first-order valence-corrected chi connectivity index (χ1v) is 5.75. The summed E-state index contributed by atoms with van der Waals surface area (Å²) < 4.78 is 1.91. The summed E-state index contributed by atoms with van der Waals surface area (Å²) in [6.07, 6.45) is 7.07. The van der Waals surface area contributed by atoms with Gasteiger partial charge in [-0.05, 0) is 26.2 Å². The Morgan fingerprint density at radius 3 is 2.80 bits per heavy atom. The molecule has 1 fully saturated rings. The van der Waals surface area contributed by atoms with Crippen LogP contribution in [0.4, 0.5) is 0 Å². The molecule has 1 aliphatic rings. The first-order chi connectivity index (χ1) is 6.99. The molecule has 1 N–H and O–H groups in total. The lowest BCUT2D eigenvalue weighted by atomic mass is 9.83. The Labute approximate surface area is 91.1 Å². The highest BCUT2D eigenvalue weighted by Gasteiger charge is 2.53. The summed E-state index contributed by atoms with van der Waals surface area (Å²) in [7, 11) is 0. The molecule has 0 spiro atoms. The molecule has 1 aromatic heterocycles. The van der Waals surface area contributed by atoms with Crippen molar-refractivity contribution < 1.29 is 5.11 Å². The van der Waals surface area contributed by atoms with E-state index in [1.807, 2.05) is 17.8 Å². The molecule has 0 amide bonds. The summed E-state index contributed by atoms with van der Waals surface area (Å²) in [4.78, 5) is 0. The van der Waals surface area contributed by atoms with Gasteiger partial charge in [-0.2, -0.15) is 5.10 Å². The zero-order valence-corrected chi connectivity index (χ0v) is 9.82. The first-order valence-electron chi connectivity index (χ1n) is 5.75. The number of aryl methyl sites for hydroxylation is 1. The van der Waals surface area contributed by atoms with E-state index in [-0.39, 0.29) is 5.41 Å². The number of aromatic nitrogens is 2. The minimum Gasteiger partial charge on any atom is -0.385 e. The highest BCUT2D eigenvalue weighted by Crippen LogP contribution is 2.57. The van der Waals surface area contributed by atoms with E-state index in [9.17, 15) is 5.11 Å². The summed E-state index contributed by atoms with van der Waals surface area (Å²) in [6.45, 7) is 7.10. The monoisotopic (exact) mass is 208 g/mol. The van der Waals surface area contributed by atoms with Gasteiger partial charge in [-0.3, -0.25) is 4.68 Å². The van der Waals surface area contributed by atoms with Crippen molar-refractivity contribution in [2.24, 2.45) is 5.41 Å². The number of aliphatic hydroxyl groups is 1. The van der Waals surface area contributed by atoms with Crippen molar-refractivity contribution >= 4 is 0 Å². The Kier molecular flexibility index (Phi) is 2.38. The van der Waals surface area contributed by atoms with E-state index in [1.54, 1.807) is 6.20 Å². The SMILES string of the molecule is CCCn1cc(C(C)(O)C2(C)CC2)cn1. The summed E-state index contributed by atoms with van der Waals surface area (Å²) in [5.41, 5.74) is 0.294. The zero-order valence-electron chi connectivity index (χ0n) is 9.82. The van der Waals surface area contributed by atoms with Gasteiger partial charge in [0, 0.05) is 23.7 Å². The number of rotatable bonds is 4. The number of hydrogen-bond donors (Lipinski definition) is 1. The Balaban J connectivity index is 2.21. The van der Waals surface area contributed by atoms with E-state index < -0.39 is 5.60 Å². The van der Waals surface area contributed by atoms with Crippen LogP contribution in [0.1, 0.15) is 45.6 Å². The topological polar surface area (TPSA) is 38.0 Å². The fraction of sp³-hybridized carbons (Fsp3) is 0.750. The van der Waals surface area contributed by atoms with Crippen LogP contribution >= 0.6 is 0 Å². The van der Waals surface area contributed by atoms with E-state index in [4.69, 9.17) is 0 Å². The summed E-state index contributed by atoms with van der Waals surface area (Å²) >= 11 is 0. The molecule has 84 valence electrons. The molecule has 0 saturated heterocycles. The van der Waals surface area contributed by atoms with Gasteiger partial charge in [-0.1, -0.05) is 13.8 Å². The zero-order chi connectivity index (χ0) is 11.1. The van der Waals surface area contributed by atoms with Crippen molar-refractivity contribution in [2.75, 3.05) is 0 Å². The molecule has 1 aromatic rings. The Morgan fingerprint density at radius 2 is 2.27 bits per heavy atom. The number of hydrogen-bond acceptors (Lipinski definition) is 2. The molecule has 3 heteroatoms. The third kappa shape index (κ3) is 1.69. The van der Waals surface area contributed by atoms with Gasteiger partial charge in [-0.25, -0.2) is 0 Å². The van der Waals surface area contributed by atoms with Gasteiger partial charge in [0.25, 0.3) is 0 Å². The summed E-state index contributed by atoms with van der Waals surface area (Å²) in [5.74, 6) is 0. The fourth-order valence-corrected chi connectivity index (χ4v) is 1.99. The normalized spacial score (nSPS) is 22.4. The largest absolute Gasteiger partial charge is 0.385 e. The maximum atomic E-state index is 10.5. The highest BCUT2D eigenvalue weighted by molar-refractivity contribution is 5.21. The minimum absolute atomic E-state index is 0.0626. The standard InChI is InChI=1S/C12H20N2O/c1-4-7-14-9-10(8-13-14)12(3,15)11(2)5-6-11/h8-9,15H,4-7H2,1-3H3. The molecule has 1 atom stereocenters. The molecule has 0 radical (unpaired) electrons. The first kappa shape index (κ1) is 10.7. The van der Waals surface area contributed by atoms with Crippen LogP contribution in [0.2, 0.25) is 0 Å². The van der Waals surface area contributed by atoms with Crippen molar-refractivity contribution in [3.63, 3.8) is 0 Å². The van der Waals surface area contributed by atoms with E-state index in [1.165, 1.54) is 0 Å². The maximum Gasteiger partial charge on any atom is 0.0952 e. The predicted octanol–water partition coefficient (Wildman–Crippen LogP) is 2.30. The van der Waals surface area contributed by atoms with Gasteiger partial charge in [0.15, 0.2) is 0 Å². The van der Waals surface area contributed by atoms with Crippen LogP contribution in [0.15, 0.2) is 12.4 Å². The van der Waals surface area contributed by atoms with E-state index in [2.05, 4.69) is 18.9 Å². The third-order valence-corrected chi connectivity index (χ3v) is 3.82. The lowest BCUT2D eigenvalue weighted by molar-refractivity contribution is -0.0127. The van der Waals surface area contributed by atoms with Crippen LogP contribution in [0.3, 0.4) is 0 Å². The van der Waals surface area contributed by atoms with Crippen LogP contribution < -0.4 is 0 Å². The Morgan fingerprint density at radius 1 is 1.60 bits per heavy atom. The fourth-order valence-electron chi connectivity index (χ4n) is 1.99. The average molecular weight is 208 g/mol. The van der Waals surface area contributed by atoms with Crippen LogP contribution in [-0.2, 0) is 12.1 Å². The minimum atomic E-state index is -0.723. The summed E-state index contributed by atoms with van der Waals surface area (Å²) in [6, 6.07) is 0. The van der Waals surface area contributed by atoms with Crippen LogP contribution in [-0.4, -0.2) is 14.9 Å². The van der Waals surface area contributed by atoms with Crippen molar-refractivity contribution in [3.8, 4) is 0 Å². The lowest BCUT2D eigenvalue weighted by Crippen LogP contribution is -2.30. The van der Waals surface area contributed by atoms with E-state index >= 15 is 0 Å². The van der Waals surface area contributed by atoms with Crippen LogP contribution in [0.25, 0.3) is 0 Å². The van der Waals surface area contributed by atoms with Gasteiger partial charge in [0.2, 0.25) is 0 Å². The Bertz CT molecular complexity index is 350. The molecule has 2 rings (SSSR count). The maximum absolute atomic E-state index is 10.5. The molecular formula is C12H20N2O. The second kappa shape index (κ2) is 3.34. The molecule has 1 heterocycles. The molecule has 3 nitrogen and oxygen atoms in total. The summed E-state index contributed by atoms with van der Waals surface area (Å²) in [5, 5.41) is 14.8. The predicted molar refractivity (Wildman–Crippen MR) is 59.4 cm³/mol. The third-order valence-electron chi connectivity index (χ3n) is 3.82. The smallest absolute Gasteiger partial charge is 0.0952 e. The van der Waals surface area contributed by atoms with Crippen molar-refractivity contribution in [2.45, 2.75) is 52.2 Å². The van der Waals surface area contributed by atoms with Crippen molar-refractivity contribution in [1.82, 2.24) is 9.78 Å². The van der Waals surface area contributed by atoms with E-state index in [0.717, 1.165) is 31.4 Å². The molecule has 1 unspecified atom stereocenters.